The van der Waals surface area contributed by atoms with Crippen molar-refractivity contribution in [1.29, 1.82) is 0 Å². The van der Waals surface area contributed by atoms with E-state index in [2.05, 4.69) is 10.2 Å². The first kappa shape index (κ1) is 24.2. The molecule has 0 spiro atoms. The average Bonchev–Trinajstić information content (AvgIpc) is 3.33. The van der Waals surface area contributed by atoms with Crippen molar-refractivity contribution in [2.24, 2.45) is 0 Å². The first-order chi connectivity index (χ1) is 17.0. The summed E-state index contributed by atoms with van der Waals surface area (Å²) in [5.41, 5.74) is 1.63. The zero-order valence-corrected chi connectivity index (χ0v) is 19.8. The fraction of sp³-hybridized carbons (Fsp3) is 0.360. The summed E-state index contributed by atoms with van der Waals surface area (Å²) in [6.07, 6.45) is -0.574. The van der Waals surface area contributed by atoms with Gasteiger partial charge in [-0.05, 0) is 36.8 Å². The smallest absolute Gasteiger partial charge is 0.410 e. The third kappa shape index (κ3) is 6.57. The Kier molecular flexibility index (Phi) is 7.94. The number of benzene rings is 2. The molecule has 1 aliphatic heterocycles. The lowest BCUT2D eigenvalue weighted by Crippen LogP contribution is -2.51. The van der Waals surface area contributed by atoms with Crippen LogP contribution in [0.1, 0.15) is 18.4 Å². The van der Waals surface area contributed by atoms with Crippen LogP contribution in [0.15, 0.2) is 59.0 Å². The molecule has 0 radical (unpaired) electrons. The minimum atomic E-state index is -0.508. The quantitative estimate of drug-likeness (QED) is 0.460. The molecule has 10 nitrogen and oxygen atoms in total. The monoisotopic (exact) mass is 480 g/mol. The first-order valence-electron chi connectivity index (χ1n) is 11.3. The van der Waals surface area contributed by atoms with Gasteiger partial charge in [0.25, 0.3) is 0 Å². The zero-order chi connectivity index (χ0) is 24.6. The number of nitrogens with zero attached hydrogens (tertiary/aromatic N) is 4. The van der Waals surface area contributed by atoms with Crippen LogP contribution in [-0.2, 0) is 27.4 Å². The van der Waals surface area contributed by atoms with Gasteiger partial charge in [-0.15, -0.1) is 10.2 Å². The molecule has 35 heavy (non-hydrogen) atoms. The molecule has 0 saturated carbocycles. The molecular weight excluding hydrogens is 452 g/mol. The van der Waals surface area contributed by atoms with Crippen molar-refractivity contribution in [3.05, 3.63) is 66.1 Å². The molecule has 1 aromatic heterocycles. The lowest BCUT2D eigenvalue weighted by atomic mass is 10.2. The third-order valence-corrected chi connectivity index (χ3v) is 5.41. The molecule has 0 bridgehead atoms. The summed E-state index contributed by atoms with van der Waals surface area (Å²) >= 11 is 0. The fourth-order valence-electron chi connectivity index (χ4n) is 3.62. The Labute approximate surface area is 203 Å². The van der Waals surface area contributed by atoms with Crippen LogP contribution in [0.25, 0.3) is 11.5 Å². The molecule has 2 heterocycles. The minimum Gasteiger partial charge on any atom is -0.488 e. The van der Waals surface area contributed by atoms with Gasteiger partial charge in [-0.1, -0.05) is 30.3 Å². The topological polar surface area (TPSA) is 107 Å². The molecule has 1 atom stereocenters. The van der Waals surface area contributed by atoms with Crippen LogP contribution < -0.4 is 4.74 Å². The Morgan fingerprint density at radius 3 is 2.57 bits per heavy atom. The second kappa shape index (κ2) is 11.5. The first-order valence-corrected chi connectivity index (χ1v) is 11.3. The van der Waals surface area contributed by atoms with Gasteiger partial charge in [0.2, 0.25) is 17.7 Å². The van der Waals surface area contributed by atoms with E-state index in [-0.39, 0.29) is 31.7 Å². The number of methoxy groups -OCH3 is 1. The highest BCUT2D eigenvalue weighted by atomic mass is 16.6. The highest BCUT2D eigenvalue weighted by Gasteiger charge is 2.29. The van der Waals surface area contributed by atoms with Gasteiger partial charge in [0.1, 0.15) is 25.0 Å². The fourth-order valence-corrected chi connectivity index (χ4v) is 3.62. The van der Waals surface area contributed by atoms with Gasteiger partial charge in [0, 0.05) is 25.8 Å². The summed E-state index contributed by atoms with van der Waals surface area (Å²) in [5.74, 6) is 1.18. The van der Waals surface area contributed by atoms with Crippen molar-refractivity contribution in [2.45, 2.75) is 26.2 Å². The molecule has 0 aliphatic carbocycles. The normalized spacial score (nSPS) is 14.6. The Balaban J connectivity index is 1.27. The molecule has 1 aliphatic rings. The Morgan fingerprint density at radius 2 is 1.86 bits per heavy atom. The molecule has 0 N–H and O–H groups in total. The molecule has 2 amide bonds. The number of aromatic nitrogens is 2. The third-order valence-electron chi connectivity index (χ3n) is 5.41. The molecule has 184 valence electrons. The summed E-state index contributed by atoms with van der Waals surface area (Å²) in [7, 11) is 1.63. The van der Waals surface area contributed by atoms with Gasteiger partial charge in [0.15, 0.2) is 0 Å². The lowest BCUT2D eigenvalue weighted by Gasteiger charge is -2.32. The number of piperazine rings is 1. The number of ether oxygens (including phenoxy) is 3. The Bertz CT molecular complexity index is 1120. The van der Waals surface area contributed by atoms with E-state index in [1.807, 2.05) is 61.5 Å². The highest BCUT2D eigenvalue weighted by Crippen LogP contribution is 2.23. The molecule has 3 aromatic rings. The number of rotatable bonds is 9. The van der Waals surface area contributed by atoms with E-state index in [0.717, 1.165) is 11.1 Å². The van der Waals surface area contributed by atoms with Crippen molar-refractivity contribution in [2.75, 3.05) is 33.4 Å². The largest absolute Gasteiger partial charge is 0.488 e. The van der Waals surface area contributed by atoms with Crippen LogP contribution in [0.3, 0.4) is 0 Å². The predicted octanol–water partition coefficient (Wildman–Crippen LogP) is 3.13. The zero-order valence-electron chi connectivity index (χ0n) is 19.8. The molecule has 1 fully saturated rings. The van der Waals surface area contributed by atoms with Crippen molar-refractivity contribution < 1.29 is 28.2 Å². The van der Waals surface area contributed by atoms with Gasteiger partial charge in [-0.25, -0.2) is 4.79 Å². The SMILES string of the molecule is COC[C@H](C)Oc1ccc(-c2nnc(CN3CCN(C(=O)OCc4ccccc4)CC3=O)o2)cc1. The second-order valence-corrected chi connectivity index (χ2v) is 8.19. The summed E-state index contributed by atoms with van der Waals surface area (Å²) in [6, 6.07) is 16.7. The van der Waals surface area contributed by atoms with Crippen molar-refractivity contribution in [3.63, 3.8) is 0 Å². The maximum absolute atomic E-state index is 12.6. The number of carbonyl (C=O) groups is 2. The minimum absolute atomic E-state index is 0.0580. The van der Waals surface area contributed by atoms with Crippen LogP contribution in [0.5, 0.6) is 5.75 Å². The number of hydrogen-bond acceptors (Lipinski definition) is 8. The van der Waals surface area contributed by atoms with Crippen molar-refractivity contribution in [3.8, 4) is 17.2 Å². The van der Waals surface area contributed by atoms with E-state index >= 15 is 0 Å². The maximum atomic E-state index is 12.6. The number of hydrogen-bond donors (Lipinski definition) is 0. The van der Waals surface area contributed by atoms with Gasteiger partial charge < -0.3 is 23.5 Å². The molecular formula is C25H28N4O6. The standard InChI is InChI=1S/C25H28N4O6/c1-18(16-32-2)34-21-10-8-20(9-11-21)24-27-26-22(35-24)14-28-12-13-29(15-23(28)30)25(31)33-17-19-6-4-3-5-7-19/h3-11,18H,12-17H2,1-2H3/t18-/m0/s1. The van der Waals surface area contributed by atoms with Crippen molar-refractivity contribution in [1.82, 2.24) is 20.0 Å². The molecule has 0 unspecified atom stereocenters. The number of amides is 2. The summed E-state index contributed by atoms with van der Waals surface area (Å²) in [4.78, 5) is 27.9. The average molecular weight is 481 g/mol. The molecule has 4 rings (SSSR count). The molecule has 1 saturated heterocycles. The van der Waals surface area contributed by atoms with Crippen LogP contribution >= 0.6 is 0 Å². The second-order valence-electron chi connectivity index (χ2n) is 8.19. The van der Waals surface area contributed by atoms with E-state index in [1.54, 1.807) is 12.0 Å². The van der Waals surface area contributed by atoms with Gasteiger partial charge in [-0.2, -0.15) is 0 Å². The van der Waals surface area contributed by atoms with Gasteiger partial charge in [0.05, 0.1) is 13.2 Å². The lowest BCUT2D eigenvalue weighted by molar-refractivity contribution is -0.136. The van der Waals surface area contributed by atoms with Crippen LogP contribution in [0.2, 0.25) is 0 Å². The van der Waals surface area contributed by atoms with E-state index in [0.29, 0.717) is 37.2 Å². The van der Waals surface area contributed by atoms with E-state index < -0.39 is 6.09 Å². The van der Waals surface area contributed by atoms with E-state index in [4.69, 9.17) is 18.6 Å². The summed E-state index contributed by atoms with van der Waals surface area (Å²) in [6.45, 7) is 3.42. The molecule has 10 heteroatoms. The summed E-state index contributed by atoms with van der Waals surface area (Å²) < 4.78 is 21.9. The Morgan fingerprint density at radius 1 is 1.09 bits per heavy atom. The maximum Gasteiger partial charge on any atom is 0.410 e. The van der Waals surface area contributed by atoms with Crippen molar-refractivity contribution >= 4 is 12.0 Å². The Hall–Kier alpha value is -3.92. The van der Waals surface area contributed by atoms with E-state index in [1.165, 1.54) is 4.90 Å². The van der Waals surface area contributed by atoms with Crippen LogP contribution in [0, 0.1) is 0 Å². The summed E-state index contributed by atoms with van der Waals surface area (Å²) in [5, 5.41) is 8.16. The number of carbonyl (C=O) groups excluding carboxylic acids is 2. The van der Waals surface area contributed by atoms with E-state index in [9.17, 15) is 9.59 Å². The predicted molar refractivity (Wildman–Crippen MR) is 125 cm³/mol. The molecule has 2 aromatic carbocycles. The van der Waals surface area contributed by atoms with Gasteiger partial charge >= 0.3 is 6.09 Å². The highest BCUT2D eigenvalue weighted by molar-refractivity contribution is 5.83. The van der Waals surface area contributed by atoms with Crippen LogP contribution in [-0.4, -0.2) is 71.5 Å². The van der Waals surface area contributed by atoms with Crippen LogP contribution in [0.4, 0.5) is 4.79 Å². The van der Waals surface area contributed by atoms with Gasteiger partial charge in [-0.3, -0.25) is 9.69 Å².